The maximum atomic E-state index is 12.6. The normalized spacial score (nSPS) is 14.1. The Morgan fingerprint density at radius 2 is 1.82 bits per heavy atom. The molecule has 28 heavy (non-hydrogen) atoms. The summed E-state index contributed by atoms with van der Waals surface area (Å²) in [6.07, 6.45) is 2.75. The fraction of sp³-hybridized carbons (Fsp3) is 0.125. The minimum Gasteiger partial charge on any atom is -0.489 e. The van der Waals surface area contributed by atoms with E-state index in [1.165, 1.54) is 5.56 Å². The second-order valence-corrected chi connectivity index (χ2v) is 7.05. The van der Waals surface area contributed by atoms with Gasteiger partial charge in [-0.1, -0.05) is 54.9 Å². The van der Waals surface area contributed by atoms with Gasteiger partial charge in [0.05, 0.1) is 5.56 Å². The average Bonchev–Trinajstić information content (AvgIpc) is 3.02. The summed E-state index contributed by atoms with van der Waals surface area (Å²) in [7, 11) is 0. The predicted molar refractivity (Wildman–Crippen MR) is 111 cm³/mol. The molecule has 140 valence electrons. The summed E-state index contributed by atoms with van der Waals surface area (Å²) in [5.41, 5.74) is 3.71. The van der Waals surface area contributed by atoms with Crippen LogP contribution in [0, 0.1) is 0 Å². The number of hydrogen-bond acceptors (Lipinski definition) is 3. The van der Waals surface area contributed by atoms with Crippen LogP contribution >= 0.6 is 11.6 Å². The van der Waals surface area contributed by atoms with Gasteiger partial charge in [-0.05, 0) is 53.5 Å². The SMILES string of the molecule is CCc1ccc(/C=C2\Oc3cc(OCc4cccc(Cl)c4)ccc3C2=O)cc1. The van der Waals surface area contributed by atoms with E-state index in [9.17, 15) is 4.79 Å². The first-order valence-corrected chi connectivity index (χ1v) is 9.54. The average molecular weight is 391 g/mol. The summed E-state index contributed by atoms with van der Waals surface area (Å²) in [6.45, 7) is 2.50. The predicted octanol–water partition coefficient (Wildman–Crippen LogP) is 6.10. The number of ketones is 1. The summed E-state index contributed by atoms with van der Waals surface area (Å²) in [6, 6.07) is 20.9. The molecule has 0 unspecified atom stereocenters. The molecule has 4 heteroatoms. The lowest BCUT2D eigenvalue weighted by Gasteiger charge is -2.07. The Morgan fingerprint density at radius 1 is 1.00 bits per heavy atom. The summed E-state index contributed by atoms with van der Waals surface area (Å²) in [5.74, 6) is 1.37. The van der Waals surface area contributed by atoms with Gasteiger partial charge in [0.1, 0.15) is 18.1 Å². The fourth-order valence-electron chi connectivity index (χ4n) is 3.05. The molecule has 0 atom stereocenters. The van der Waals surface area contributed by atoms with Crippen molar-refractivity contribution in [2.45, 2.75) is 20.0 Å². The molecule has 3 aromatic rings. The number of benzene rings is 3. The minimum absolute atomic E-state index is 0.115. The van der Waals surface area contributed by atoms with Crippen molar-refractivity contribution in [3.8, 4) is 11.5 Å². The second kappa shape index (κ2) is 7.91. The number of halogens is 1. The van der Waals surface area contributed by atoms with Crippen molar-refractivity contribution in [1.82, 2.24) is 0 Å². The number of fused-ring (bicyclic) bond motifs is 1. The van der Waals surface area contributed by atoms with Gasteiger partial charge < -0.3 is 9.47 Å². The molecule has 1 aliphatic heterocycles. The van der Waals surface area contributed by atoms with E-state index in [0.29, 0.717) is 34.5 Å². The van der Waals surface area contributed by atoms with Crippen LogP contribution in [0.1, 0.15) is 34.0 Å². The van der Waals surface area contributed by atoms with Crippen LogP contribution < -0.4 is 9.47 Å². The van der Waals surface area contributed by atoms with E-state index >= 15 is 0 Å². The third-order valence-electron chi connectivity index (χ3n) is 4.62. The van der Waals surface area contributed by atoms with Crippen molar-refractivity contribution in [3.63, 3.8) is 0 Å². The van der Waals surface area contributed by atoms with E-state index in [2.05, 4.69) is 19.1 Å². The van der Waals surface area contributed by atoms with Crippen molar-refractivity contribution < 1.29 is 14.3 Å². The number of allylic oxidation sites excluding steroid dienone is 1. The van der Waals surface area contributed by atoms with Gasteiger partial charge in [-0.3, -0.25) is 4.79 Å². The maximum Gasteiger partial charge on any atom is 0.231 e. The van der Waals surface area contributed by atoms with Crippen LogP contribution in [-0.4, -0.2) is 5.78 Å². The number of aryl methyl sites for hydroxylation is 1. The highest BCUT2D eigenvalue weighted by Gasteiger charge is 2.27. The van der Waals surface area contributed by atoms with Gasteiger partial charge in [-0.25, -0.2) is 0 Å². The van der Waals surface area contributed by atoms with E-state index in [4.69, 9.17) is 21.1 Å². The number of rotatable bonds is 5. The van der Waals surface area contributed by atoms with Gasteiger partial charge in [-0.2, -0.15) is 0 Å². The molecule has 3 aromatic carbocycles. The third-order valence-corrected chi connectivity index (χ3v) is 4.86. The lowest BCUT2D eigenvalue weighted by molar-refractivity contribution is 0.101. The van der Waals surface area contributed by atoms with Crippen LogP contribution in [0.25, 0.3) is 6.08 Å². The first-order valence-electron chi connectivity index (χ1n) is 9.17. The Hall–Kier alpha value is -3.04. The summed E-state index contributed by atoms with van der Waals surface area (Å²) < 4.78 is 11.6. The number of carbonyl (C=O) groups excluding carboxylic acids is 1. The largest absolute Gasteiger partial charge is 0.489 e. The van der Waals surface area contributed by atoms with E-state index in [1.807, 2.05) is 36.4 Å². The maximum absolute atomic E-state index is 12.6. The zero-order chi connectivity index (χ0) is 19.5. The molecule has 0 amide bonds. The Labute approximate surface area is 169 Å². The van der Waals surface area contributed by atoms with Crippen molar-refractivity contribution in [1.29, 1.82) is 0 Å². The van der Waals surface area contributed by atoms with Gasteiger partial charge in [-0.15, -0.1) is 0 Å². The van der Waals surface area contributed by atoms with E-state index in [1.54, 1.807) is 24.3 Å². The molecule has 0 saturated heterocycles. The van der Waals surface area contributed by atoms with Gasteiger partial charge in [0, 0.05) is 11.1 Å². The molecule has 4 rings (SSSR count). The first kappa shape index (κ1) is 18.3. The molecule has 0 N–H and O–H groups in total. The molecule has 0 saturated carbocycles. The lowest BCUT2D eigenvalue weighted by Crippen LogP contribution is -1.98. The summed E-state index contributed by atoms with van der Waals surface area (Å²) >= 11 is 6.00. The Morgan fingerprint density at radius 3 is 2.57 bits per heavy atom. The van der Waals surface area contributed by atoms with E-state index in [0.717, 1.165) is 17.5 Å². The van der Waals surface area contributed by atoms with Crippen molar-refractivity contribution in [3.05, 3.63) is 99.8 Å². The van der Waals surface area contributed by atoms with Gasteiger partial charge in [0.15, 0.2) is 5.76 Å². The zero-order valence-corrected chi connectivity index (χ0v) is 16.2. The van der Waals surface area contributed by atoms with Gasteiger partial charge in [0.25, 0.3) is 0 Å². The molecule has 0 radical (unpaired) electrons. The van der Waals surface area contributed by atoms with Gasteiger partial charge >= 0.3 is 0 Å². The fourth-order valence-corrected chi connectivity index (χ4v) is 3.26. The van der Waals surface area contributed by atoms with Crippen molar-refractivity contribution in [2.75, 3.05) is 0 Å². The Balaban J connectivity index is 1.49. The molecule has 0 spiro atoms. The third kappa shape index (κ3) is 3.95. The Bertz CT molecular complexity index is 1050. The summed E-state index contributed by atoms with van der Waals surface area (Å²) in [4.78, 5) is 12.6. The molecular formula is C24H19ClO3. The van der Waals surface area contributed by atoms with E-state index < -0.39 is 0 Å². The number of Topliss-reactive ketones (excluding diaryl/α,β-unsaturated/α-hetero) is 1. The monoisotopic (exact) mass is 390 g/mol. The molecule has 0 aromatic heterocycles. The van der Waals surface area contributed by atoms with Crippen LogP contribution in [0.3, 0.4) is 0 Å². The molecule has 1 heterocycles. The van der Waals surface area contributed by atoms with Crippen LogP contribution in [0.5, 0.6) is 11.5 Å². The molecule has 1 aliphatic rings. The minimum atomic E-state index is -0.115. The second-order valence-electron chi connectivity index (χ2n) is 6.61. The molecular weight excluding hydrogens is 372 g/mol. The van der Waals surface area contributed by atoms with Crippen LogP contribution in [0.2, 0.25) is 5.02 Å². The smallest absolute Gasteiger partial charge is 0.231 e. The molecule has 0 fully saturated rings. The van der Waals surface area contributed by atoms with Crippen molar-refractivity contribution >= 4 is 23.5 Å². The quantitative estimate of drug-likeness (QED) is 0.494. The molecule has 0 bridgehead atoms. The highest BCUT2D eigenvalue weighted by Crippen LogP contribution is 2.35. The molecule has 0 aliphatic carbocycles. The van der Waals surface area contributed by atoms with Crippen molar-refractivity contribution in [2.24, 2.45) is 0 Å². The summed E-state index contributed by atoms with van der Waals surface area (Å²) in [5, 5.41) is 0.672. The molecule has 3 nitrogen and oxygen atoms in total. The Kier molecular flexibility index (Phi) is 5.18. The van der Waals surface area contributed by atoms with Crippen LogP contribution in [0.4, 0.5) is 0 Å². The van der Waals surface area contributed by atoms with E-state index in [-0.39, 0.29) is 5.78 Å². The zero-order valence-electron chi connectivity index (χ0n) is 15.4. The standard InChI is InChI=1S/C24H19ClO3/c1-2-16-6-8-17(9-7-16)13-23-24(26)21-11-10-20(14-22(21)28-23)27-15-18-4-3-5-19(25)12-18/h3-14H,2,15H2,1H3/b23-13-. The number of carbonyl (C=O) groups is 1. The highest BCUT2D eigenvalue weighted by atomic mass is 35.5. The first-order chi connectivity index (χ1) is 13.6. The van der Waals surface area contributed by atoms with Crippen LogP contribution in [-0.2, 0) is 13.0 Å². The van der Waals surface area contributed by atoms with Gasteiger partial charge in [0.2, 0.25) is 5.78 Å². The lowest BCUT2D eigenvalue weighted by atomic mass is 10.1. The number of hydrogen-bond donors (Lipinski definition) is 0. The topological polar surface area (TPSA) is 35.5 Å². The highest BCUT2D eigenvalue weighted by molar-refractivity contribution is 6.30. The number of ether oxygens (including phenoxy) is 2. The van der Waals surface area contributed by atoms with Crippen LogP contribution in [0.15, 0.2) is 72.5 Å².